The van der Waals surface area contributed by atoms with E-state index in [0.29, 0.717) is 27.4 Å². The summed E-state index contributed by atoms with van der Waals surface area (Å²) in [6.45, 7) is 3.23. The minimum absolute atomic E-state index is 0.00123. The van der Waals surface area contributed by atoms with E-state index in [1.807, 2.05) is 0 Å². The maximum Gasteiger partial charge on any atom is 0.330 e. The highest BCUT2D eigenvalue weighted by Crippen LogP contribution is 2.28. The summed E-state index contributed by atoms with van der Waals surface area (Å²) in [7, 11) is 1.51. The van der Waals surface area contributed by atoms with Gasteiger partial charge in [0.1, 0.15) is 5.75 Å². The van der Waals surface area contributed by atoms with E-state index in [2.05, 4.69) is 26.2 Å². The number of halogens is 1. The lowest BCUT2D eigenvalue weighted by atomic mass is 10.1. The quantitative estimate of drug-likeness (QED) is 0.823. The predicted molar refractivity (Wildman–Crippen MR) is 84.5 cm³/mol. The van der Waals surface area contributed by atoms with Gasteiger partial charge in [-0.15, -0.1) is 0 Å². The number of aliphatic carboxylic acids is 1. The fourth-order valence-corrected chi connectivity index (χ4v) is 2.65. The first-order chi connectivity index (χ1) is 10.8. The number of carbonyl (C=O) groups excluding carboxylic acids is 1. The third-order valence-electron chi connectivity index (χ3n) is 3.14. The predicted octanol–water partition coefficient (Wildman–Crippen LogP) is 2.62. The second-order valence-electron chi connectivity index (χ2n) is 4.79. The number of nitrogens with one attached hydrogen (secondary N) is 1. The molecular formula is C15H15BrN2O5. The Morgan fingerprint density at radius 1 is 1.39 bits per heavy atom. The summed E-state index contributed by atoms with van der Waals surface area (Å²) in [5.74, 6) is -0.925. The average molecular weight is 383 g/mol. The molecule has 23 heavy (non-hydrogen) atoms. The molecule has 1 aromatic heterocycles. The Kier molecular flexibility index (Phi) is 5.05. The van der Waals surface area contributed by atoms with Crippen molar-refractivity contribution >= 4 is 27.8 Å². The second kappa shape index (κ2) is 6.82. The molecule has 0 aliphatic rings. The molecule has 1 unspecified atom stereocenters. The number of benzene rings is 1. The number of hydrogen-bond donors (Lipinski definition) is 2. The van der Waals surface area contributed by atoms with Gasteiger partial charge < -0.3 is 19.6 Å². The molecule has 0 saturated carbocycles. The zero-order valence-electron chi connectivity index (χ0n) is 12.7. The molecule has 1 heterocycles. The number of carboxylic acid groups (broad SMARTS) is 1. The van der Waals surface area contributed by atoms with E-state index >= 15 is 0 Å². The lowest BCUT2D eigenvalue weighted by Crippen LogP contribution is -2.33. The van der Waals surface area contributed by atoms with E-state index in [-0.39, 0.29) is 5.76 Å². The van der Waals surface area contributed by atoms with Gasteiger partial charge in [-0.3, -0.25) is 4.79 Å². The topological polar surface area (TPSA) is 102 Å². The number of methoxy groups -OCH3 is 1. The summed E-state index contributed by atoms with van der Waals surface area (Å²) in [6.07, 6.45) is 0. The van der Waals surface area contributed by atoms with Crippen LogP contribution in [0.3, 0.4) is 0 Å². The molecule has 0 bridgehead atoms. The molecular weight excluding hydrogens is 368 g/mol. The van der Waals surface area contributed by atoms with E-state index < -0.39 is 17.9 Å². The van der Waals surface area contributed by atoms with Gasteiger partial charge in [0.05, 0.1) is 17.3 Å². The van der Waals surface area contributed by atoms with Crippen LogP contribution in [-0.4, -0.2) is 29.1 Å². The molecule has 7 nitrogen and oxygen atoms in total. The lowest BCUT2D eigenvalue weighted by Gasteiger charge is -2.15. The number of aryl methyl sites for hydroxylation is 2. The van der Waals surface area contributed by atoms with Crippen LogP contribution >= 0.6 is 15.9 Å². The molecule has 8 heteroatoms. The van der Waals surface area contributed by atoms with Gasteiger partial charge >= 0.3 is 5.97 Å². The van der Waals surface area contributed by atoms with Gasteiger partial charge in [-0.1, -0.05) is 6.07 Å². The van der Waals surface area contributed by atoms with Crippen LogP contribution < -0.4 is 10.1 Å². The summed E-state index contributed by atoms with van der Waals surface area (Å²) in [5.41, 5.74) is 0.799. The van der Waals surface area contributed by atoms with Crippen molar-refractivity contribution < 1.29 is 23.8 Å². The fraction of sp³-hybridized carbons (Fsp3) is 0.267. The Balaban J connectivity index is 2.29. The van der Waals surface area contributed by atoms with Crippen LogP contribution in [0.25, 0.3) is 0 Å². The van der Waals surface area contributed by atoms with E-state index in [9.17, 15) is 14.7 Å². The normalized spacial score (nSPS) is 11.8. The van der Waals surface area contributed by atoms with E-state index in [0.717, 1.165) is 0 Å². The minimum Gasteiger partial charge on any atom is -0.496 e. The summed E-state index contributed by atoms with van der Waals surface area (Å²) >= 11 is 3.29. The number of oxazole rings is 1. The van der Waals surface area contributed by atoms with Gasteiger partial charge in [0.15, 0.2) is 11.9 Å². The molecule has 0 saturated heterocycles. The van der Waals surface area contributed by atoms with Crippen molar-refractivity contribution in [1.82, 2.24) is 10.3 Å². The molecule has 1 atom stereocenters. The highest BCUT2D eigenvalue weighted by atomic mass is 79.9. The Labute approximate surface area is 140 Å². The molecule has 122 valence electrons. The van der Waals surface area contributed by atoms with Gasteiger partial charge in [-0.2, -0.15) is 0 Å². The zero-order valence-corrected chi connectivity index (χ0v) is 14.3. The standard InChI is InChI=1S/C15H15BrN2O5/c1-7-13(23-8(2)17-7)14(19)18-12(15(20)21)9-4-5-11(22-3)10(16)6-9/h4-6,12H,1-3H3,(H,18,19)(H,20,21). The van der Waals surface area contributed by atoms with Crippen molar-refractivity contribution in [2.24, 2.45) is 0 Å². The number of nitrogens with zero attached hydrogens (tertiary/aromatic N) is 1. The number of ether oxygens (including phenoxy) is 1. The van der Waals surface area contributed by atoms with Gasteiger partial charge in [0.25, 0.3) is 5.91 Å². The molecule has 0 aliphatic heterocycles. The molecule has 1 aromatic carbocycles. The molecule has 2 rings (SSSR count). The van der Waals surface area contributed by atoms with Crippen molar-refractivity contribution in [2.75, 3.05) is 7.11 Å². The average Bonchev–Trinajstić information content (AvgIpc) is 2.83. The Hall–Kier alpha value is -2.35. The van der Waals surface area contributed by atoms with Crippen LogP contribution in [-0.2, 0) is 4.79 Å². The van der Waals surface area contributed by atoms with Crippen molar-refractivity contribution in [3.63, 3.8) is 0 Å². The number of hydrogen-bond acceptors (Lipinski definition) is 5. The maximum atomic E-state index is 12.2. The third kappa shape index (κ3) is 3.70. The van der Waals surface area contributed by atoms with Gasteiger partial charge in [0, 0.05) is 6.92 Å². The minimum atomic E-state index is -1.23. The number of carboxylic acids is 1. The molecule has 0 aliphatic carbocycles. The summed E-state index contributed by atoms with van der Waals surface area (Å²) in [5, 5.41) is 11.8. The van der Waals surface area contributed by atoms with Crippen molar-refractivity contribution in [1.29, 1.82) is 0 Å². The van der Waals surface area contributed by atoms with E-state index in [1.165, 1.54) is 7.11 Å². The van der Waals surface area contributed by atoms with Crippen molar-refractivity contribution in [2.45, 2.75) is 19.9 Å². The maximum absolute atomic E-state index is 12.2. The Morgan fingerprint density at radius 2 is 2.09 bits per heavy atom. The SMILES string of the molecule is COc1ccc(C(NC(=O)c2oc(C)nc2C)C(=O)O)cc1Br. The summed E-state index contributed by atoms with van der Waals surface area (Å²) in [4.78, 5) is 27.7. The van der Waals surface area contributed by atoms with Crippen molar-refractivity contribution in [3.05, 3.63) is 45.6 Å². The first kappa shape index (κ1) is 17.0. The molecule has 0 radical (unpaired) electrons. The van der Waals surface area contributed by atoms with Crippen LogP contribution in [0.15, 0.2) is 27.1 Å². The largest absolute Gasteiger partial charge is 0.496 e. The van der Waals surface area contributed by atoms with Crippen LogP contribution in [0.1, 0.15) is 33.7 Å². The number of aromatic nitrogens is 1. The Bertz CT molecular complexity index is 756. The van der Waals surface area contributed by atoms with E-state index in [1.54, 1.807) is 32.0 Å². The first-order valence-electron chi connectivity index (χ1n) is 6.64. The second-order valence-corrected chi connectivity index (χ2v) is 5.64. The van der Waals surface area contributed by atoms with Crippen molar-refractivity contribution in [3.8, 4) is 5.75 Å². The van der Waals surface area contributed by atoms with Gasteiger partial charge in [-0.25, -0.2) is 9.78 Å². The summed E-state index contributed by atoms with van der Waals surface area (Å²) in [6, 6.07) is 3.54. The molecule has 0 fully saturated rings. The highest BCUT2D eigenvalue weighted by molar-refractivity contribution is 9.10. The number of amides is 1. The third-order valence-corrected chi connectivity index (χ3v) is 3.76. The Morgan fingerprint density at radius 3 is 2.57 bits per heavy atom. The molecule has 2 aromatic rings. The fourth-order valence-electron chi connectivity index (χ4n) is 2.09. The number of rotatable bonds is 5. The summed E-state index contributed by atoms with van der Waals surface area (Å²) < 4.78 is 10.9. The molecule has 0 spiro atoms. The van der Waals surface area contributed by atoms with Crippen LogP contribution in [0.4, 0.5) is 0 Å². The lowest BCUT2D eigenvalue weighted by molar-refractivity contribution is -0.139. The first-order valence-corrected chi connectivity index (χ1v) is 7.44. The van der Waals surface area contributed by atoms with Crippen LogP contribution in [0, 0.1) is 13.8 Å². The van der Waals surface area contributed by atoms with Gasteiger partial charge in [-0.05, 0) is 40.5 Å². The number of carbonyl (C=O) groups is 2. The zero-order chi connectivity index (χ0) is 17.1. The smallest absolute Gasteiger partial charge is 0.330 e. The molecule has 1 amide bonds. The van der Waals surface area contributed by atoms with Gasteiger partial charge in [0.2, 0.25) is 5.76 Å². The molecule has 2 N–H and O–H groups in total. The van der Waals surface area contributed by atoms with E-state index in [4.69, 9.17) is 9.15 Å². The van der Waals surface area contributed by atoms with Crippen LogP contribution in [0.5, 0.6) is 5.75 Å². The highest BCUT2D eigenvalue weighted by Gasteiger charge is 2.26. The van der Waals surface area contributed by atoms with Crippen LogP contribution in [0.2, 0.25) is 0 Å². The monoisotopic (exact) mass is 382 g/mol.